The summed E-state index contributed by atoms with van der Waals surface area (Å²) in [6.07, 6.45) is 16.4. The van der Waals surface area contributed by atoms with Crippen molar-refractivity contribution in [3.05, 3.63) is 102 Å². The van der Waals surface area contributed by atoms with E-state index in [1.165, 1.54) is 12.5 Å². The van der Waals surface area contributed by atoms with Crippen molar-refractivity contribution < 1.29 is 19.0 Å². The van der Waals surface area contributed by atoms with Gasteiger partial charge in [0.15, 0.2) is 5.78 Å². The topological polar surface area (TPSA) is 85.8 Å². The van der Waals surface area contributed by atoms with Gasteiger partial charge in [0.2, 0.25) is 0 Å². The molecule has 3 rings (SSSR count). The van der Waals surface area contributed by atoms with Crippen molar-refractivity contribution in [2.75, 3.05) is 44.9 Å². The molecule has 0 aromatic carbocycles. The highest BCUT2D eigenvalue weighted by Crippen LogP contribution is 2.17. The molecule has 1 fully saturated rings. The van der Waals surface area contributed by atoms with Gasteiger partial charge in [-0.3, -0.25) is 9.78 Å². The molecule has 0 radical (unpaired) electrons. The summed E-state index contributed by atoms with van der Waals surface area (Å²) >= 11 is 0. The van der Waals surface area contributed by atoms with Gasteiger partial charge < -0.3 is 24.4 Å². The molecule has 3 heterocycles. The van der Waals surface area contributed by atoms with Gasteiger partial charge in [-0.1, -0.05) is 57.7 Å². The lowest BCUT2D eigenvalue weighted by molar-refractivity contribution is -0.112. The van der Waals surface area contributed by atoms with Gasteiger partial charge in [-0.05, 0) is 74.2 Å². The second-order valence-corrected chi connectivity index (χ2v) is 10.1. The number of carbonyl (C=O) groups is 1. The first-order chi connectivity index (χ1) is 20.8. The lowest BCUT2D eigenvalue weighted by Gasteiger charge is -2.27. The van der Waals surface area contributed by atoms with E-state index in [0.29, 0.717) is 12.5 Å². The Morgan fingerprint density at radius 3 is 2.53 bits per heavy atom. The van der Waals surface area contributed by atoms with Crippen LogP contribution in [-0.2, 0) is 32.2 Å². The van der Waals surface area contributed by atoms with E-state index >= 15 is 0 Å². The monoisotopic (exact) mass is 592 g/mol. The molecule has 8 nitrogen and oxygen atoms in total. The van der Waals surface area contributed by atoms with E-state index in [0.717, 1.165) is 75.1 Å². The Balaban J connectivity index is 0.000000324. The van der Waals surface area contributed by atoms with E-state index in [4.69, 9.17) is 14.2 Å². The third-order valence-corrected chi connectivity index (χ3v) is 6.07. The number of aromatic nitrogens is 2. The number of nitrogens with one attached hydrogen (secondary N) is 1. The Morgan fingerprint density at radius 2 is 1.93 bits per heavy atom. The molecular formula is C35H52N4O4. The molecule has 0 aliphatic carbocycles. The Labute approximate surface area is 259 Å². The highest BCUT2D eigenvalue weighted by atomic mass is 16.5. The lowest BCUT2D eigenvalue weighted by atomic mass is 10.0. The molecule has 1 saturated heterocycles. The van der Waals surface area contributed by atoms with Crippen molar-refractivity contribution in [3.63, 3.8) is 0 Å². The van der Waals surface area contributed by atoms with Crippen molar-refractivity contribution in [1.29, 1.82) is 0 Å². The van der Waals surface area contributed by atoms with E-state index in [1.54, 1.807) is 25.5 Å². The van der Waals surface area contributed by atoms with Crippen LogP contribution >= 0.6 is 0 Å². The second kappa shape index (κ2) is 23.8. The lowest BCUT2D eigenvalue weighted by Crippen LogP contribution is -2.36. The maximum absolute atomic E-state index is 10.6. The number of ether oxygens (including phenoxy) is 3. The molecule has 1 N–H and O–H groups in total. The van der Waals surface area contributed by atoms with E-state index in [9.17, 15) is 4.79 Å². The zero-order valence-corrected chi connectivity index (χ0v) is 27.1. The molecule has 0 bridgehead atoms. The first kappa shape index (κ1) is 37.3. The van der Waals surface area contributed by atoms with Gasteiger partial charge in [-0.2, -0.15) is 0 Å². The number of nitrogens with zero attached hydrogens (tertiary/aromatic N) is 3. The number of methoxy groups -OCH3 is 1. The number of carbonyl (C=O) groups excluding carboxylic acids is 1. The summed E-state index contributed by atoms with van der Waals surface area (Å²) in [7, 11) is 1.69. The molecular weight excluding hydrogens is 540 g/mol. The molecule has 8 heteroatoms. The fourth-order valence-electron chi connectivity index (χ4n) is 3.85. The van der Waals surface area contributed by atoms with Gasteiger partial charge in [0.1, 0.15) is 5.82 Å². The third kappa shape index (κ3) is 17.7. The van der Waals surface area contributed by atoms with E-state index in [2.05, 4.69) is 59.7 Å². The van der Waals surface area contributed by atoms with Crippen LogP contribution in [-0.4, -0.2) is 55.8 Å². The van der Waals surface area contributed by atoms with Crippen LogP contribution < -0.4 is 10.2 Å². The zero-order valence-electron chi connectivity index (χ0n) is 27.1. The van der Waals surface area contributed by atoms with E-state index < -0.39 is 0 Å². The maximum atomic E-state index is 10.6. The SMILES string of the molecule is C=CNCc1ncccc1C(C)C.CCCO/C(C)=C/CC=C/C=C/C(C)=O.COCc1ccc(N2CCOCC2)nc1. The van der Waals surface area contributed by atoms with E-state index in [1.807, 2.05) is 49.7 Å². The molecule has 1 aliphatic rings. The minimum Gasteiger partial charge on any atom is -0.499 e. The molecule has 0 saturated carbocycles. The highest BCUT2D eigenvalue weighted by Gasteiger charge is 2.11. The fourth-order valence-corrected chi connectivity index (χ4v) is 3.85. The summed E-state index contributed by atoms with van der Waals surface area (Å²) in [6.45, 7) is 19.1. The second-order valence-electron chi connectivity index (χ2n) is 10.1. The molecule has 236 valence electrons. The Morgan fingerprint density at radius 1 is 1.16 bits per heavy atom. The zero-order chi connectivity index (χ0) is 31.7. The third-order valence-electron chi connectivity index (χ3n) is 6.07. The van der Waals surface area contributed by atoms with Crippen LogP contribution in [0.25, 0.3) is 0 Å². The molecule has 0 atom stereocenters. The molecule has 0 spiro atoms. The average molecular weight is 593 g/mol. The maximum Gasteiger partial charge on any atom is 0.152 e. The predicted molar refractivity (Wildman–Crippen MR) is 177 cm³/mol. The van der Waals surface area contributed by atoms with Crippen molar-refractivity contribution >= 4 is 11.6 Å². The quantitative estimate of drug-likeness (QED) is 0.144. The standard InChI is InChI=1S/C13H20O2.C11H16N2O2.C11H16N2/c1-4-11-15-13(3)10-8-6-5-7-9-12(2)14;1-14-9-10-2-3-11(12-8-10)13-4-6-15-7-5-13;1-4-12-8-11-10(9(2)3)6-5-7-13-11/h5-7,9-10H,4,8,11H2,1-3H3;2-3,8H,4-7,9H2,1H3;4-7,9,12H,1,8H2,2-3H3/b6-5?,9-7+,13-10+;;. The number of pyridine rings is 2. The van der Waals surface area contributed by atoms with Crippen LogP contribution in [0.4, 0.5) is 5.82 Å². The summed E-state index contributed by atoms with van der Waals surface area (Å²) in [5, 5.41) is 3.06. The normalized spacial score (nSPS) is 13.3. The van der Waals surface area contributed by atoms with Crippen molar-refractivity contribution in [3.8, 4) is 0 Å². The van der Waals surface area contributed by atoms with Crippen LogP contribution in [0.1, 0.15) is 70.2 Å². The van der Waals surface area contributed by atoms with Crippen molar-refractivity contribution in [2.45, 2.75) is 66.5 Å². The van der Waals surface area contributed by atoms with Crippen LogP contribution in [0, 0.1) is 0 Å². The number of hydrogen-bond donors (Lipinski definition) is 1. The molecule has 0 unspecified atom stereocenters. The first-order valence-electron chi connectivity index (χ1n) is 15.0. The smallest absolute Gasteiger partial charge is 0.152 e. The largest absolute Gasteiger partial charge is 0.499 e. The number of morpholine rings is 1. The predicted octanol–water partition coefficient (Wildman–Crippen LogP) is 6.91. The summed E-state index contributed by atoms with van der Waals surface area (Å²) in [6, 6.07) is 8.20. The number of ketones is 1. The Bertz CT molecular complexity index is 1120. The van der Waals surface area contributed by atoms with Gasteiger partial charge in [-0.25, -0.2) is 4.98 Å². The number of hydrogen-bond acceptors (Lipinski definition) is 8. The minimum atomic E-state index is 0.0673. The van der Waals surface area contributed by atoms with Crippen molar-refractivity contribution in [2.24, 2.45) is 0 Å². The van der Waals surface area contributed by atoms with Crippen LogP contribution in [0.5, 0.6) is 0 Å². The highest BCUT2D eigenvalue weighted by molar-refractivity contribution is 5.87. The summed E-state index contributed by atoms with van der Waals surface area (Å²) < 4.78 is 15.7. The van der Waals surface area contributed by atoms with Crippen molar-refractivity contribution in [1.82, 2.24) is 15.3 Å². The van der Waals surface area contributed by atoms with Gasteiger partial charge in [0.25, 0.3) is 0 Å². The number of rotatable bonds is 14. The Hall–Kier alpha value is -3.75. The van der Waals surface area contributed by atoms with Crippen LogP contribution in [0.3, 0.4) is 0 Å². The summed E-state index contributed by atoms with van der Waals surface area (Å²) in [4.78, 5) is 21.5. The van der Waals surface area contributed by atoms with Gasteiger partial charge in [0.05, 0.1) is 44.4 Å². The number of anilines is 1. The molecule has 43 heavy (non-hydrogen) atoms. The molecule has 2 aromatic heterocycles. The van der Waals surface area contributed by atoms with Gasteiger partial charge in [-0.15, -0.1) is 0 Å². The molecule has 2 aromatic rings. The fraction of sp³-hybridized carbons (Fsp3) is 0.457. The molecule has 1 aliphatic heterocycles. The molecule has 0 amide bonds. The minimum absolute atomic E-state index is 0.0673. The summed E-state index contributed by atoms with van der Waals surface area (Å²) in [5.41, 5.74) is 3.52. The van der Waals surface area contributed by atoms with Crippen LogP contribution in [0.2, 0.25) is 0 Å². The van der Waals surface area contributed by atoms with Gasteiger partial charge >= 0.3 is 0 Å². The van der Waals surface area contributed by atoms with E-state index in [-0.39, 0.29) is 5.78 Å². The Kier molecular flexibility index (Phi) is 20.6. The van der Waals surface area contributed by atoms with Gasteiger partial charge in [0, 0.05) is 32.6 Å². The first-order valence-corrected chi connectivity index (χ1v) is 15.0. The summed E-state index contributed by atoms with van der Waals surface area (Å²) in [5.74, 6) is 2.57. The average Bonchev–Trinajstić information content (AvgIpc) is 3.02. The van der Waals surface area contributed by atoms with Crippen LogP contribution in [0.15, 0.2) is 85.6 Å². The number of allylic oxidation sites excluding steroid dienone is 6.